The first-order chi connectivity index (χ1) is 10.4. The molecule has 0 radical (unpaired) electrons. The van der Waals surface area contributed by atoms with Crippen molar-refractivity contribution in [1.82, 2.24) is 4.98 Å². The van der Waals surface area contributed by atoms with Crippen molar-refractivity contribution >= 4 is 31.6 Å². The molecule has 1 N–H and O–H groups in total. The van der Waals surface area contributed by atoms with Crippen molar-refractivity contribution in [3.8, 4) is 11.9 Å². The second kappa shape index (κ2) is 6.29. The smallest absolute Gasteiger partial charge is 0.266 e. The molecule has 0 amide bonds. The van der Waals surface area contributed by atoms with E-state index in [2.05, 4.69) is 25.6 Å². The Balaban J connectivity index is 2.55. The molecule has 0 aliphatic heterocycles. The van der Waals surface area contributed by atoms with Gasteiger partial charge in [0, 0.05) is 10.7 Å². The van der Waals surface area contributed by atoms with Gasteiger partial charge in [0.1, 0.15) is 22.5 Å². The number of benzene rings is 1. The quantitative estimate of drug-likeness (QED) is 0.872. The Hall–Kier alpha value is -2.18. The number of hydrogen-bond acceptors (Lipinski definition) is 5. The van der Waals surface area contributed by atoms with E-state index >= 15 is 0 Å². The van der Waals surface area contributed by atoms with Crippen molar-refractivity contribution in [2.24, 2.45) is 0 Å². The lowest BCUT2D eigenvalue weighted by molar-refractivity contribution is 0.400. The molecule has 0 aliphatic carbocycles. The highest BCUT2D eigenvalue weighted by molar-refractivity contribution is 9.10. The van der Waals surface area contributed by atoms with Crippen LogP contribution >= 0.6 is 15.9 Å². The molecule has 0 fully saturated rings. The second-order valence-corrected chi connectivity index (χ2v) is 6.58. The molecule has 0 saturated carbocycles. The molecule has 9 heteroatoms. The van der Waals surface area contributed by atoms with Gasteiger partial charge in [0.2, 0.25) is 5.88 Å². The highest BCUT2D eigenvalue weighted by atomic mass is 79.9. The van der Waals surface area contributed by atoms with Crippen LogP contribution in [0.5, 0.6) is 5.88 Å². The maximum absolute atomic E-state index is 13.9. The number of methoxy groups -OCH3 is 1. The van der Waals surface area contributed by atoms with E-state index in [9.17, 15) is 12.8 Å². The summed E-state index contributed by atoms with van der Waals surface area (Å²) in [7, 11) is -3.01. The molecule has 1 aromatic carbocycles. The van der Waals surface area contributed by atoms with E-state index in [1.54, 1.807) is 6.07 Å². The average Bonchev–Trinajstić information content (AvgIpc) is 2.46. The van der Waals surface area contributed by atoms with Crippen LogP contribution in [-0.4, -0.2) is 20.5 Å². The number of aromatic nitrogens is 1. The van der Waals surface area contributed by atoms with Crippen molar-refractivity contribution in [3.63, 3.8) is 0 Å². The van der Waals surface area contributed by atoms with Gasteiger partial charge in [0.15, 0.2) is 0 Å². The zero-order valence-corrected chi connectivity index (χ0v) is 13.6. The summed E-state index contributed by atoms with van der Waals surface area (Å²) < 4.78 is 46.3. The SMILES string of the molecule is COc1ncc(Br)cc1NS(=O)(=O)c1c(F)cccc1C#N. The monoisotopic (exact) mass is 385 g/mol. The second-order valence-electron chi connectivity index (χ2n) is 4.04. The van der Waals surface area contributed by atoms with E-state index in [1.807, 2.05) is 0 Å². The minimum atomic E-state index is -4.32. The number of nitrogens with zero attached hydrogens (tertiary/aromatic N) is 2. The van der Waals surface area contributed by atoms with Gasteiger partial charge in [-0.2, -0.15) is 5.26 Å². The molecular formula is C13H9BrFN3O3S. The van der Waals surface area contributed by atoms with Crippen LogP contribution in [0.4, 0.5) is 10.1 Å². The number of anilines is 1. The molecule has 22 heavy (non-hydrogen) atoms. The number of nitrogens with one attached hydrogen (secondary N) is 1. The Morgan fingerprint density at radius 1 is 1.45 bits per heavy atom. The molecule has 2 rings (SSSR count). The van der Waals surface area contributed by atoms with Crippen LogP contribution in [0.15, 0.2) is 39.8 Å². The van der Waals surface area contributed by atoms with Crippen LogP contribution in [0, 0.1) is 17.1 Å². The first-order valence-electron chi connectivity index (χ1n) is 5.80. The van der Waals surface area contributed by atoms with Crippen LogP contribution in [0.2, 0.25) is 0 Å². The number of pyridine rings is 1. The molecule has 0 atom stereocenters. The zero-order chi connectivity index (χ0) is 16.3. The standard InChI is InChI=1S/C13H9BrFN3O3S/c1-21-13-11(5-9(14)7-17-13)18-22(19,20)12-8(6-16)3-2-4-10(12)15/h2-5,7,18H,1H3. The number of sulfonamides is 1. The van der Waals surface area contributed by atoms with Crippen molar-refractivity contribution in [3.05, 3.63) is 46.3 Å². The normalized spacial score (nSPS) is 10.8. The van der Waals surface area contributed by atoms with Gasteiger partial charge in [-0.05, 0) is 34.1 Å². The minimum Gasteiger partial charge on any atom is -0.479 e. The van der Waals surface area contributed by atoms with E-state index < -0.39 is 20.7 Å². The zero-order valence-electron chi connectivity index (χ0n) is 11.2. The van der Waals surface area contributed by atoms with Crippen LogP contribution in [0.1, 0.15) is 5.56 Å². The third-order valence-electron chi connectivity index (χ3n) is 2.61. The molecule has 0 saturated heterocycles. The van der Waals surface area contributed by atoms with Gasteiger partial charge in [-0.15, -0.1) is 0 Å². The number of hydrogen-bond donors (Lipinski definition) is 1. The van der Waals surface area contributed by atoms with E-state index in [0.29, 0.717) is 4.47 Å². The van der Waals surface area contributed by atoms with E-state index in [0.717, 1.165) is 6.07 Å². The van der Waals surface area contributed by atoms with Gasteiger partial charge in [0.25, 0.3) is 10.0 Å². The fourth-order valence-electron chi connectivity index (χ4n) is 1.73. The van der Waals surface area contributed by atoms with E-state index in [4.69, 9.17) is 10.00 Å². The third kappa shape index (κ3) is 3.18. The molecule has 0 spiro atoms. The first kappa shape index (κ1) is 16.2. The van der Waals surface area contributed by atoms with Gasteiger partial charge in [0.05, 0.1) is 12.7 Å². The van der Waals surface area contributed by atoms with Gasteiger partial charge in [-0.25, -0.2) is 17.8 Å². The Morgan fingerprint density at radius 2 is 2.18 bits per heavy atom. The summed E-state index contributed by atoms with van der Waals surface area (Å²) in [5.41, 5.74) is -0.279. The Labute approximate surface area is 134 Å². The summed E-state index contributed by atoms with van der Waals surface area (Å²) in [6, 6.07) is 6.50. The van der Waals surface area contributed by atoms with Crippen LogP contribution in [0.25, 0.3) is 0 Å². The fourth-order valence-corrected chi connectivity index (χ4v) is 3.33. The molecule has 114 valence electrons. The fraction of sp³-hybridized carbons (Fsp3) is 0.0769. The summed E-state index contributed by atoms with van der Waals surface area (Å²) in [4.78, 5) is 3.16. The van der Waals surface area contributed by atoms with E-state index in [-0.39, 0.29) is 17.1 Å². The number of nitriles is 1. The molecule has 1 aromatic heterocycles. The number of ether oxygens (including phenoxy) is 1. The maximum Gasteiger partial charge on any atom is 0.266 e. The largest absolute Gasteiger partial charge is 0.479 e. The number of halogens is 2. The third-order valence-corrected chi connectivity index (χ3v) is 4.49. The maximum atomic E-state index is 13.9. The number of rotatable bonds is 4. The van der Waals surface area contributed by atoms with Crippen molar-refractivity contribution < 1.29 is 17.5 Å². The van der Waals surface area contributed by atoms with Gasteiger partial charge < -0.3 is 4.74 Å². The Morgan fingerprint density at radius 3 is 2.82 bits per heavy atom. The van der Waals surface area contributed by atoms with Crippen LogP contribution in [0.3, 0.4) is 0 Å². The molecular weight excluding hydrogens is 377 g/mol. The summed E-state index contributed by atoms with van der Waals surface area (Å²) in [6.07, 6.45) is 1.42. The lowest BCUT2D eigenvalue weighted by Crippen LogP contribution is -2.17. The Bertz CT molecular complexity index is 865. The predicted octanol–water partition coefficient (Wildman–Crippen LogP) is 2.66. The summed E-state index contributed by atoms with van der Waals surface area (Å²) >= 11 is 3.15. The van der Waals surface area contributed by atoms with Gasteiger partial charge in [-0.1, -0.05) is 6.07 Å². The van der Waals surface area contributed by atoms with Crippen molar-refractivity contribution in [2.45, 2.75) is 4.90 Å². The Kier molecular flexibility index (Phi) is 4.63. The van der Waals surface area contributed by atoms with Crippen molar-refractivity contribution in [2.75, 3.05) is 11.8 Å². The molecule has 0 unspecified atom stereocenters. The molecule has 2 aromatic rings. The molecule has 0 bridgehead atoms. The average molecular weight is 386 g/mol. The lowest BCUT2D eigenvalue weighted by Gasteiger charge is -2.12. The van der Waals surface area contributed by atoms with Gasteiger partial charge in [-0.3, -0.25) is 4.72 Å². The topological polar surface area (TPSA) is 92.1 Å². The molecule has 6 nitrogen and oxygen atoms in total. The molecule has 0 aliphatic rings. The van der Waals surface area contributed by atoms with Gasteiger partial charge >= 0.3 is 0 Å². The summed E-state index contributed by atoms with van der Waals surface area (Å²) in [5.74, 6) is -1.00. The van der Waals surface area contributed by atoms with Crippen molar-refractivity contribution in [1.29, 1.82) is 5.26 Å². The highest BCUT2D eigenvalue weighted by Crippen LogP contribution is 2.29. The van der Waals surface area contributed by atoms with Crippen LogP contribution in [-0.2, 0) is 10.0 Å². The minimum absolute atomic E-state index is 0.0154. The summed E-state index contributed by atoms with van der Waals surface area (Å²) in [5, 5.41) is 8.96. The summed E-state index contributed by atoms with van der Waals surface area (Å²) in [6.45, 7) is 0. The highest BCUT2D eigenvalue weighted by Gasteiger charge is 2.25. The lowest BCUT2D eigenvalue weighted by atomic mass is 10.2. The molecule has 1 heterocycles. The first-order valence-corrected chi connectivity index (χ1v) is 8.07. The van der Waals surface area contributed by atoms with Crippen LogP contribution < -0.4 is 9.46 Å². The predicted molar refractivity (Wildman–Crippen MR) is 80.4 cm³/mol. The van der Waals surface area contributed by atoms with E-state index in [1.165, 1.54) is 31.5 Å².